The Morgan fingerprint density at radius 3 is 1.10 bits per heavy atom. The van der Waals surface area contributed by atoms with Crippen molar-refractivity contribution in [3.8, 4) is 0 Å². The van der Waals surface area contributed by atoms with Crippen LogP contribution in [0.2, 0.25) is 20.1 Å². The van der Waals surface area contributed by atoms with E-state index >= 15 is 0 Å². The molecule has 0 aromatic heterocycles. The first kappa shape index (κ1) is 81.7. The van der Waals surface area contributed by atoms with Crippen molar-refractivity contribution in [2.45, 2.75) is 78.8 Å². The molecular weight excluding hydrogens is 1380 g/mol. The molecule has 0 saturated carbocycles. The number of carbonyl (C=O) groups excluding carboxylic acids is 3. The van der Waals surface area contributed by atoms with E-state index in [1.807, 2.05) is 38.4 Å². The van der Waals surface area contributed by atoms with Gasteiger partial charge in [-0.2, -0.15) is 0 Å². The summed E-state index contributed by atoms with van der Waals surface area (Å²) >= 11 is 25.8. The number of fused-ring (bicyclic) bond motifs is 2. The third-order valence-electron chi connectivity index (χ3n) is 16.0. The van der Waals surface area contributed by atoms with Gasteiger partial charge >= 0.3 is 0 Å². The average Bonchev–Trinajstić information content (AvgIpc) is 0.787. The first-order chi connectivity index (χ1) is 46.7. The van der Waals surface area contributed by atoms with Crippen LogP contribution in [0.25, 0.3) is 0 Å². The average molecular weight is 1480 g/mol. The Kier molecular flexibility index (Phi) is 37.2. The Bertz CT molecular complexity index is 3110. The Labute approximate surface area is 591 Å². The van der Waals surface area contributed by atoms with Crippen molar-refractivity contribution < 1.29 is 73.9 Å². The van der Waals surface area contributed by atoms with Crippen LogP contribution < -0.4 is 36.9 Å². The molecule has 0 aliphatic carbocycles. The van der Waals surface area contributed by atoms with Crippen molar-refractivity contribution >= 4 is 84.2 Å². The lowest BCUT2D eigenvalue weighted by Crippen LogP contribution is -2.44. The molecule has 0 unspecified atom stereocenters. The van der Waals surface area contributed by atoms with Crippen molar-refractivity contribution in [2.75, 3.05) is 185 Å². The third-order valence-corrected chi connectivity index (χ3v) is 20.0. The smallest absolute Gasteiger partial charge is 0.240 e. The van der Waals surface area contributed by atoms with Crippen molar-refractivity contribution in [3.63, 3.8) is 0 Å². The first-order valence-corrected chi connectivity index (χ1v) is 37.2. The molecule has 4 aromatic rings. The predicted molar refractivity (Wildman–Crippen MR) is 373 cm³/mol. The van der Waals surface area contributed by atoms with Gasteiger partial charge in [-0.05, 0) is 115 Å². The SMILES string of the molecule is CN1Cc2c(Cl)cc(Cl)cc2[C@H](c2cccc(S(=O)(=O)NCCOCCOCCOCCNC(=O)CCC(N)(CCC(=O)NCCOCCOCCOCCN)CCC(=O)NCCOCCOCCOCCNS(=O)(=O)c3cccc([C@@H]4CN(C)Cc5c(Cl)cc(Cl)cc54)c3)c2)C1. The second-order valence-corrected chi connectivity index (χ2v) is 28.8. The van der Waals surface area contributed by atoms with Gasteiger partial charge in [0.05, 0.1) is 129 Å². The van der Waals surface area contributed by atoms with Crippen LogP contribution in [0.15, 0.2) is 82.6 Å². The number of hydrogen-bond acceptors (Lipinski definition) is 20. The van der Waals surface area contributed by atoms with Gasteiger partial charge in [-0.25, -0.2) is 26.3 Å². The molecule has 3 amide bonds. The summed E-state index contributed by atoms with van der Waals surface area (Å²) < 4.78 is 108. The summed E-state index contributed by atoms with van der Waals surface area (Å²) in [7, 11) is -3.66. The molecule has 31 heteroatoms. The van der Waals surface area contributed by atoms with Gasteiger partial charge in [0.2, 0.25) is 37.8 Å². The standard InChI is InChI=1S/C66H97Cl4N9O16S2/c1-78-45-57(55-41-51(67)43-61(69)59(55)47-78)49-5-3-7-53(39-49)96(83,84)76-19-25-91-31-37-94-35-29-89-23-17-74-64(81)10-13-66(72,12-9-63(80)73-16-22-88-28-34-93-33-27-87-21-15-71)14-11-65(82)75-18-24-90-30-36-95-38-32-92-26-20-77-97(85,86)54-8-4-6-50(40-54)58-46-79(2)48-60-56(58)42-52(68)44-62(60)70/h3-8,39-44,57-58,76-77H,9-38,45-48,71-72H2,1-2H3,(H,73,80)(H,74,81)(H,75,82)/t57-,58-/m0/s1. The Morgan fingerprint density at radius 2 is 0.773 bits per heavy atom. The van der Waals surface area contributed by atoms with Crippen LogP contribution in [0.1, 0.15) is 83.7 Å². The number of ether oxygens (including phenoxy) is 9. The zero-order valence-electron chi connectivity index (χ0n) is 55.5. The molecule has 0 bridgehead atoms. The fourth-order valence-corrected chi connectivity index (χ4v) is 14.2. The predicted octanol–water partition coefficient (Wildman–Crippen LogP) is 5.21. The van der Waals surface area contributed by atoms with Gasteiger partial charge < -0.3 is 79.8 Å². The number of nitrogens with zero attached hydrogens (tertiary/aromatic N) is 2. The lowest BCUT2D eigenvalue weighted by Gasteiger charge is -2.33. The zero-order chi connectivity index (χ0) is 69.9. The molecule has 0 radical (unpaired) electrons. The minimum Gasteiger partial charge on any atom is -0.378 e. The molecule has 0 fully saturated rings. The highest BCUT2D eigenvalue weighted by molar-refractivity contribution is 7.89. The minimum atomic E-state index is -3.83. The number of rotatable bonds is 50. The monoisotopic (exact) mass is 1480 g/mol. The van der Waals surface area contributed by atoms with Gasteiger partial charge in [0.1, 0.15) is 0 Å². The summed E-state index contributed by atoms with van der Waals surface area (Å²) in [6.45, 7) is 9.11. The second kappa shape index (κ2) is 44.2. The molecule has 97 heavy (non-hydrogen) atoms. The van der Waals surface area contributed by atoms with Crippen LogP contribution in [0.4, 0.5) is 0 Å². The van der Waals surface area contributed by atoms with Crippen molar-refractivity contribution in [1.82, 2.24) is 35.2 Å². The summed E-state index contributed by atoms with van der Waals surface area (Å²) in [5, 5.41) is 10.7. The van der Waals surface area contributed by atoms with Gasteiger partial charge in [-0.15, -0.1) is 0 Å². The van der Waals surface area contributed by atoms with E-state index < -0.39 is 25.6 Å². The van der Waals surface area contributed by atoms with Gasteiger partial charge in [-0.3, -0.25) is 14.4 Å². The van der Waals surface area contributed by atoms with E-state index in [4.69, 9.17) is 101 Å². The molecule has 4 aromatic carbocycles. The Hall–Kier alpha value is -4.25. The van der Waals surface area contributed by atoms with Crippen LogP contribution in [0.3, 0.4) is 0 Å². The third kappa shape index (κ3) is 30.1. The topological polar surface area (TPSA) is 321 Å². The van der Waals surface area contributed by atoms with Gasteiger partial charge in [0.15, 0.2) is 0 Å². The number of likely N-dealkylation sites (N-methyl/N-ethyl adjacent to an activating group) is 2. The second-order valence-electron chi connectivity index (χ2n) is 23.6. The molecule has 9 N–H and O–H groups in total. The molecule has 2 atom stereocenters. The van der Waals surface area contributed by atoms with Crippen LogP contribution in [-0.2, 0) is 90.2 Å². The molecule has 2 aliphatic heterocycles. The maximum atomic E-state index is 13.3. The maximum Gasteiger partial charge on any atom is 0.240 e. The lowest BCUT2D eigenvalue weighted by molar-refractivity contribution is -0.121. The van der Waals surface area contributed by atoms with E-state index in [0.717, 1.165) is 33.4 Å². The number of nitrogens with one attached hydrogen (secondary N) is 5. The summed E-state index contributed by atoms with van der Waals surface area (Å²) in [6.07, 6.45) is 0.808. The minimum absolute atomic E-state index is 0.0509. The largest absolute Gasteiger partial charge is 0.378 e. The molecule has 0 spiro atoms. The molecule has 542 valence electrons. The summed E-state index contributed by atoms with van der Waals surface area (Å²) in [5.41, 5.74) is 16.8. The van der Waals surface area contributed by atoms with Gasteiger partial charge in [0, 0.05) is 122 Å². The fourth-order valence-electron chi connectivity index (χ4n) is 10.9. The number of carbonyl (C=O) groups is 3. The Balaban J connectivity index is 0.797. The zero-order valence-corrected chi connectivity index (χ0v) is 60.2. The van der Waals surface area contributed by atoms with E-state index in [9.17, 15) is 31.2 Å². The van der Waals surface area contributed by atoms with E-state index in [1.54, 1.807) is 48.5 Å². The van der Waals surface area contributed by atoms with E-state index in [2.05, 4.69) is 35.2 Å². The normalized spacial score (nSPS) is 15.3. The summed E-state index contributed by atoms with van der Waals surface area (Å²) in [6, 6.07) is 21.0. The highest BCUT2D eigenvalue weighted by Crippen LogP contribution is 2.40. The van der Waals surface area contributed by atoms with Gasteiger partial charge in [0.25, 0.3) is 0 Å². The lowest BCUT2D eigenvalue weighted by atomic mass is 9.84. The van der Waals surface area contributed by atoms with Crippen molar-refractivity contribution in [3.05, 3.63) is 126 Å². The Morgan fingerprint density at radius 1 is 0.464 bits per heavy atom. The van der Waals surface area contributed by atoms with Gasteiger partial charge in [-0.1, -0.05) is 70.7 Å². The summed E-state index contributed by atoms with van der Waals surface area (Å²) in [5.74, 6) is -1.00. The maximum absolute atomic E-state index is 13.3. The van der Waals surface area contributed by atoms with Crippen LogP contribution in [0.5, 0.6) is 0 Å². The molecule has 0 saturated heterocycles. The summed E-state index contributed by atoms with van der Waals surface area (Å²) in [4.78, 5) is 43.4. The quantitative estimate of drug-likeness (QED) is 0.0279. The number of halogens is 4. The first-order valence-electron chi connectivity index (χ1n) is 32.7. The van der Waals surface area contributed by atoms with Crippen LogP contribution in [-0.4, -0.2) is 235 Å². The van der Waals surface area contributed by atoms with Crippen molar-refractivity contribution in [1.29, 1.82) is 0 Å². The molecular formula is C66H97Cl4N9O16S2. The molecule has 2 aliphatic rings. The number of nitrogens with two attached hydrogens (primary N) is 2. The molecule has 25 nitrogen and oxygen atoms in total. The van der Waals surface area contributed by atoms with E-state index in [-0.39, 0.29) is 196 Å². The number of sulfonamides is 2. The number of benzene rings is 4. The van der Waals surface area contributed by atoms with E-state index in [0.29, 0.717) is 85.8 Å². The van der Waals surface area contributed by atoms with Crippen LogP contribution in [0, 0.1) is 0 Å². The van der Waals surface area contributed by atoms with Crippen LogP contribution >= 0.6 is 46.4 Å². The van der Waals surface area contributed by atoms with E-state index in [1.165, 1.54) is 0 Å². The molecule has 2 heterocycles. The number of hydrogen-bond donors (Lipinski definition) is 7. The highest BCUT2D eigenvalue weighted by atomic mass is 35.5. The highest BCUT2D eigenvalue weighted by Gasteiger charge is 2.31. The number of amides is 3. The van der Waals surface area contributed by atoms with Crippen molar-refractivity contribution in [2.24, 2.45) is 11.5 Å². The molecule has 6 rings (SSSR count). The fraction of sp³-hybridized carbons (Fsp3) is 0.591.